The van der Waals surface area contributed by atoms with E-state index in [2.05, 4.69) is 21.5 Å². The van der Waals surface area contributed by atoms with E-state index < -0.39 is 5.60 Å². The first kappa shape index (κ1) is 14.2. The molecule has 0 aliphatic heterocycles. The summed E-state index contributed by atoms with van der Waals surface area (Å²) in [5.41, 5.74) is 2.46. The highest BCUT2D eigenvalue weighted by molar-refractivity contribution is 5.51. The number of aliphatic hydroxyl groups is 2. The summed E-state index contributed by atoms with van der Waals surface area (Å²) in [5, 5.41) is 21.2. The molecular formula is C18H24N2O2. The predicted octanol–water partition coefficient (Wildman–Crippen LogP) is 2.97. The van der Waals surface area contributed by atoms with Crippen molar-refractivity contribution < 1.29 is 10.2 Å². The molecule has 0 amide bonds. The van der Waals surface area contributed by atoms with Gasteiger partial charge in [0.1, 0.15) is 5.60 Å². The van der Waals surface area contributed by atoms with Gasteiger partial charge in [0.05, 0.1) is 29.8 Å². The van der Waals surface area contributed by atoms with Crippen molar-refractivity contribution in [1.82, 2.24) is 9.38 Å². The molecule has 2 N–H and O–H groups in total. The summed E-state index contributed by atoms with van der Waals surface area (Å²) in [4.78, 5) is 4.27. The molecule has 0 radical (unpaired) electrons. The maximum absolute atomic E-state index is 11.4. The van der Waals surface area contributed by atoms with Gasteiger partial charge in [-0.25, -0.2) is 4.98 Å². The monoisotopic (exact) mass is 300 g/mol. The molecular weight excluding hydrogens is 276 g/mol. The summed E-state index contributed by atoms with van der Waals surface area (Å²) in [6, 6.07) is 4.28. The third-order valence-corrected chi connectivity index (χ3v) is 5.60. The molecule has 0 bridgehead atoms. The van der Waals surface area contributed by atoms with Crippen LogP contribution in [0.15, 0.2) is 24.7 Å². The van der Waals surface area contributed by atoms with Crippen molar-refractivity contribution >= 4 is 5.52 Å². The second-order valence-electron chi connectivity index (χ2n) is 7.25. The van der Waals surface area contributed by atoms with E-state index in [1.165, 1.54) is 18.4 Å². The highest BCUT2D eigenvalue weighted by atomic mass is 16.3. The van der Waals surface area contributed by atoms with Crippen LogP contribution in [0.3, 0.4) is 0 Å². The number of hydrogen-bond donors (Lipinski definition) is 2. The molecule has 4 rings (SSSR count). The lowest BCUT2D eigenvalue weighted by atomic mass is 9.74. The average molecular weight is 300 g/mol. The highest BCUT2D eigenvalue weighted by Gasteiger charge is 2.41. The van der Waals surface area contributed by atoms with Crippen molar-refractivity contribution in [1.29, 1.82) is 0 Å². The van der Waals surface area contributed by atoms with Gasteiger partial charge in [-0.1, -0.05) is 6.07 Å². The number of rotatable bonds is 3. The molecule has 2 aromatic heterocycles. The van der Waals surface area contributed by atoms with Crippen molar-refractivity contribution in [3.05, 3.63) is 35.9 Å². The minimum Gasteiger partial charge on any atom is -0.393 e. The number of fused-ring (bicyclic) bond motifs is 1. The summed E-state index contributed by atoms with van der Waals surface area (Å²) in [5.74, 6) is 0.781. The van der Waals surface area contributed by atoms with E-state index in [4.69, 9.17) is 0 Å². The Labute approximate surface area is 130 Å². The van der Waals surface area contributed by atoms with Gasteiger partial charge in [0.15, 0.2) is 0 Å². The number of hydrogen-bond acceptors (Lipinski definition) is 3. The van der Waals surface area contributed by atoms with Crippen molar-refractivity contribution in [2.24, 2.45) is 5.92 Å². The fraction of sp³-hybridized carbons (Fsp3) is 0.611. The quantitative estimate of drug-likeness (QED) is 0.916. The molecule has 118 valence electrons. The number of imidazole rings is 1. The number of nitrogens with zero attached hydrogens (tertiary/aromatic N) is 2. The fourth-order valence-electron chi connectivity index (χ4n) is 4.10. The average Bonchev–Trinajstić information content (AvgIpc) is 3.24. The molecule has 0 aromatic carbocycles. The number of aromatic nitrogens is 2. The lowest BCUT2D eigenvalue weighted by Gasteiger charge is -2.38. The molecule has 1 atom stereocenters. The Morgan fingerprint density at radius 2 is 1.86 bits per heavy atom. The maximum Gasteiger partial charge on any atom is 0.105 e. The zero-order valence-corrected chi connectivity index (χ0v) is 13.1. The summed E-state index contributed by atoms with van der Waals surface area (Å²) < 4.78 is 2.07. The molecule has 2 saturated carbocycles. The van der Waals surface area contributed by atoms with Gasteiger partial charge in [-0.2, -0.15) is 0 Å². The lowest BCUT2D eigenvalue weighted by molar-refractivity contribution is -0.0425. The first-order valence-corrected chi connectivity index (χ1v) is 8.43. The minimum atomic E-state index is -0.877. The number of aliphatic hydroxyl groups excluding tert-OH is 1. The highest BCUT2D eigenvalue weighted by Crippen LogP contribution is 2.47. The van der Waals surface area contributed by atoms with Gasteiger partial charge in [0.2, 0.25) is 0 Å². The Morgan fingerprint density at radius 1 is 1.14 bits per heavy atom. The minimum absolute atomic E-state index is 0.195. The smallest absolute Gasteiger partial charge is 0.105 e. The number of pyridine rings is 1. The Balaban J connectivity index is 1.80. The molecule has 4 heteroatoms. The molecule has 0 unspecified atom stereocenters. The summed E-state index contributed by atoms with van der Waals surface area (Å²) in [6.07, 6.45) is 9.24. The van der Waals surface area contributed by atoms with E-state index >= 15 is 0 Å². The van der Waals surface area contributed by atoms with E-state index in [0.717, 1.165) is 36.9 Å². The van der Waals surface area contributed by atoms with Crippen molar-refractivity contribution in [3.8, 4) is 0 Å². The van der Waals surface area contributed by atoms with Gasteiger partial charge in [0, 0.05) is 0 Å². The predicted molar refractivity (Wildman–Crippen MR) is 84.7 cm³/mol. The molecule has 2 heterocycles. The van der Waals surface area contributed by atoms with Gasteiger partial charge < -0.3 is 14.6 Å². The van der Waals surface area contributed by atoms with Gasteiger partial charge in [0.25, 0.3) is 0 Å². The molecule has 0 spiro atoms. The van der Waals surface area contributed by atoms with Crippen LogP contribution in [-0.2, 0) is 5.60 Å². The summed E-state index contributed by atoms with van der Waals surface area (Å²) in [6.45, 7) is 1.95. The first-order valence-electron chi connectivity index (χ1n) is 8.43. The molecule has 0 saturated heterocycles. The second-order valence-corrected chi connectivity index (χ2v) is 7.25. The Kier molecular flexibility index (Phi) is 3.27. The zero-order valence-electron chi connectivity index (χ0n) is 13.1. The van der Waals surface area contributed by atoms with Crippen LogP contribution in [0.25, 0.3) is 5.52 Å². The summed E-state index contributed by atoms with van der Waals surface area (Å²) >= 11 is 0. The van der Waals surface area contributed by atoms with Crippen LogP contribution < -0.4 is 0 Å². The summed E-state index contributed by atoms with van der Waals surface area (Å²) in [7, 11) is 0. The van der Waals surface area contributed by atoms with E-state index in [9.17, 15) is 10.2 Å². The van der Waals surface area contributed by atoms with Crippen LogP contribution >= 0.6 is 0 Å². The molecule has 2 fully saturated rings. The largest absolute Gasteiger partial charge is 0.393 e. The van der Waals surface area contributed by atoms with Crippen LogP contribution in [0.5, 0.6) is 0 Å². The van der Waals surface area contributed by atoms with Crippen LogP contribution in [-0.4, -0.2) is 25.7 Å². The van der Waals surface area contributed by atoms with Crippen molar-refractivity contribution in [2.75, 3.05) is 0 Å². The Hall–Kier alpha value is -1.39. The Morgan fingerprint density at radius 3 is 2.55 bits per heavy atom. The molecule has 2 aliphatic rings. The van der Waals surface area contributed by atoms with Gasteiger partial charge in [-0.3, -0.25) is 0 Å². The SMILES string of the molecule is C[C@](O)(c1c(C2CC2)ccc2cncn12)C1CCC(O)CC1. The third kappa shape index (κ3) is 2.25. The van der Waals surface area contributed by atoms with Crippen LogP contribution in [0, 0.1) is 5.92 Å². The normalized spacial score (nSPS) is 28.7. The lowest BCUT2D eigenvalue weighted by Crippen LogP contribution is -2.38. The van der Waals surface area contributed by atoms with E-state index in [-0.39, 0.29) is 12.0 Å². The van der Waals surface area contributed by atoms with Gasteiger partial charge in [-0.15, -0.1) is 0 Å². The van der Waals surface area contributed by atoms with Gasteiger partial charge >= 0.3 is 0 Å². The fourth-order valence-corrected chi connectivity index (χ4v) is 4.10. The van der Waals surface area contributed by atoms with Crippen LogP contribution in [0.1, 0.15) is 62.6 Å². The van der Waals surface area contributed by atoms with E-state index in [0.29, 0.717) is 5.92 Å². The van der Waals surface area contributed by atoms with Crippen LogP contribution in [0.4, 0.5) is 0 Å². The zero-order chi connectivity index (χ0) is 15.3. The topological polar surface area (TPSA) is 57.8 Å². The van der Waals surface area contributed by atoms with E-state index in [1.54, 1.807) is 0 Å². The molecule has 4 nitrogen and oxygen atoms in total. The standard InChI is InChI=1S/C18H24N2O2/c1-18(22,13-4-7-15(21)8-5-13)17-16(12-2-3-12)9-6-14-10-19-11-20(14)17/h6,9-13,15,21-22H,2-5,7-8H2,1H3/t13?,15?,18-/m1/s1. The third-order valence-electron chi connectivity index (χ3n) is 5.60. The molecule has 2 aliphatic carbocycles. The van der Waals surface area contributed by atoms with Crippen molar-refractivity contribution in [2.45, 2.75) is 63.1 Å². The van der Waals surface area contributed by atoms with E-state index in [1.807, 2.05) is 19.4 Å². The Bertz CT molecular complexity index is 679. The van der Waals surface area contributed by atoms with Crippen LogP contribution in [0.2, 0.25) is 0 Å². The van der Waals surface area contributed by atoms with Crippen molar-refractivity contribution in [3.63, 3.8) is 0 Å². The van der Waals surface area contributed by atoms with Gasteiger partial charge in [-0.05, 0) is 68.9 Å². The molecule has 22 heavy (non-hydrogen) atoms. The maximum atomic E-state index is 11.4. The second kappa shape index (κ2) is 5.07. The first-order chi connectivity index (χ1) is 10.6. The molecule has 2 aromatic rings.